The summed E-state index contributed by atoms with van der Waals surface area (Å²) in [6.07, 6.45) is 2.44. The van der Waals surface area contributed by atoms with Crippen LogP contribution < -0.4 is 10.6 Å². The second kappa shape index (κ2) is 9.05. The van der Waals surface area contributed by atoms with E-state index in [-0.39, 0.29) is 0 Å². The third kappa shape index (κ3) is 7.17. The molecule has 0 aromatic carbocycles. The van der Waals surface area contributed by atoms with Gasteiger partial charge in [0, 0.05) is 19.2 Å². The predicted octanol–water partition coefficient (Wildman–Crippen LogP) is 3.00. The molecule has 1 aromatic rings. The number of nitrogens with one attached hydrogen (secondary N) is 2. The predicted molar refractivity (Wildman–Crippen MR) is 92.4 cm³/mol. The molecule has 0 radical (unpaired) electrons. The van der Waals surface area contributed by atoms with Crippen molar-refractivity contribution in [2.24, 2.45) is 7.05 Å². The van der Waals surface area contributed by atoms with E-state index in [2.05, 4.69) is 22.7 Å². The third-order valence-electron chi connectivity index (χ3n) is 2.80. The second-order valence-corrected chi connectivity index (χ2v) is 7.39. The highest BCUT2D eigenvalue weighted by atomic mass is 32.2. The maximum atomic E-state index is 11.9. The monoisotopic (exact) mass is 328 g/mol. The summed E-state index contributed by atoms with van der Waals surface area (Å²) in [5, 5.41) is 10.3. The summed E-state index contributed by atoms with van der Waals surface area (Å²) in [5.74, 6) is 3.00. The molecule has 1 rings (SSSR count). The Balaban J connectivity index is 2.47. The van der Waals surface area contributed by atoms with Crippen molar-refractivity contribution in [3.63, 3.8) is 0 Å². The molecule has 0 aliphatic heterocycles. The molecule has 0 aliphatic rings. The minimum Gasteiger partial charge on any atom is -0.444 e. The van der Waals surface area contributed by atoms with Crippen LogP contribution in [0.3, 0.4) is 0 Å². The maximum Gasteiger partial charge on any atom is 0.413 e. The van der Waals surface area contributed by atoms with E-state index in [1.165, 1.54) is 5.75 Å². The topological polar surface area (TPSA) is 68.2 Å². The SMILES string of the molecule is CCSCCCNCc1cnn(C)c1NC(=O)OC(C)(C)C. The average Bonchev–Trinajstić information content (AvgIpc) is 2.73. The normalized spacial score (nSPS) is 11.5. The molecule has 0 bridgehead atoms. The summed E-state index contributed by atoms with van der Waals surface area (Å²) >= 11 is 1.95. The number of nitrogens with zero attached hydrogens (tertiary/aromatic N) is 2. The summed E-state index contributed by atoms with van der Waals surface area (Å²) in [7, 11) is 1.80. The lowest BCUT2D eigenvalue weighted by molar-refractivity contribution is 0.0634. The van der Waals surface area contributed by atoms with Gasteiger partial charge in [0.1, 0.15) is 11.4 Å². The molecule has 2 N–H and O–H groups in total. The van der Waals surface area contributed by atoms with Gasteiger partial charge in [-0.2, -0.15) is 16.9 Å². The number of hydrogen-bond acceptors (Lipinski definition) is 5. The molecule has 0 atom stereocenters. The zero-order chi connectivity index (χ0) is 16.6. The van der Waals surface area contributed by atoms with Gasteiger partial charge in [-0.15, -0.1) is 0 Å². The lowest BCUT2D eigenvalue weighted by Gasteiger charge is -2.20. The van der Waals surface area contributed by atoms with Crippen molar-refractivity contribution >= 4 is 23.7 Å². The van der Waals surface area contributed by atoms with E-state index in [4.69, 9.17) is 4.74 Å². The number of anilines is 1. The molecular weight excluding hydrogens is 300 g/mol. The van der Waals surface area contributed by atoms with E-state index in [0.29, 0.717) is 12.4 Å². The van der Waals surface area contributed by atoms with Crippen LogP contribution in [-0.4, -0.2) is 39.5 Å². The molecule has 0 unspecified atom stereocenters. The first-order valence-corrected chi connectivity index (χ1v) is 8.78. The van der Waals surface area contributed by atoms with E-state index in [0.717, 1.165) is 24.3 Å². The van der Waals surface area contributed by atoms with Crippen LogP contribution in [0.25, 0.3) is 0 Å². The van der Waals surface area contributed by atoms with E-state index in [1.54, 1.807) is 17.9 Å². The average molecular weight is 328 g/mol. The largest absolute Gasteiger partial charge is 0.444 e. The van der Waals surface area contributed by atoms with Gasteiger partial charge in [-0.3, -0.25) is 10.00 Å². The fraction of sp³-hybridized carbons (Fsp3) is 0.733. The summed E-state index contributed by atoms with van der Waals surface area (Å²) in [5.41, 5.74) is 0.439. The van der Waals surface area contributed by atoms with Crippen molar-refractivity contribution < 1.29 is 9.53 Å². The van der Waals surface area contributed by atoms with Crippen molar-refractivity contribution in [1.29, 1.82) is 0 Å². The standard InChI is InChI=1S/C15H28N4O2S/c1-6-22-9-7-8-16-10-12-11-17-19(5)13(12)18-14(20)21-15(2,3)4/h11,16H,6-10H2,1-5H3,(H,18,20). The number of ether oxygens (including phenoxy) is 1. The Labute approximate surface area is 137 Å². The van der Waals surface area contributed by atoms with Crippen LogP contribution in [0.4, 0.5) is 10.6 Å². The highest BCUT2D eigenvalue weighted by molar-refractivity contribution is 7.99. The molecule has 22 heavy (non-hydrogen) atoms. The van der Waals surface area contributed by atoms with Crippen molar-refractivity contribution in [1.82, 2.24) is 15.1 Å². The third-order valence-corrected chi connectivity index (χ3v) is 3.78. The first-order chi connectivity index (χ1) is 10.3. The highest BCUT2D eigenvalue weighted by Crippen LogP contribution is 2.16. The zero-order valence-corrected chi connectivity index (χ0v) is 15.0. The van der Waals surface area contributed by atoms with Gasteiger partial charge in [0.15, 0.2) is 0 Å². The van der Waals surface area contributed by atoms with Crippen LogP contribution >= 0.6 is 11.8 Å². The molecule has 1 aromatic heterocycles. The molecule has 126 valence electrons. The van der Waals surface area contributed by atoms with Crippen LogP contribution in [0.5, 0.6) is 0 Å². The van der Waals surface area contributed by atoms with Gasteiger partial charge in [-0.05, 0) is 45.2 Å². The summed E-state index contributed by atoms with van der Waals surface area (Å²) in [6.45, 7) is 9.32. The number of aromatic nitrogens is 2. The number of carbonyl (C=O) groups is 1. The van der Waals surface area contributed by atoms with Gasteiger partial charge in [-0.25, -0.2) is 4.79 Å². The van der Waals surface area contributed by atoms with Crippen molar-refractivity contribution in [2.75, 3.05) is 23.4 Å². The van der Waals surface area contributed by atoms with E-state index in [1.807, 2.05) is 32.5 Å². The van der Waals surface area contributed by atoms with E-state index in [9.17, 15) is 4.79 Å². The van der Waals surface area contributed by atoms with Gasteiger partial charge < -0.3 is 10.1 Å². The fourth-order valence-electron chi connectivity index (χ4n) is 1.84. The molecule has 0 saturated heterocycles. The van der Waals surface area contributed by atoms with Gasteiger partial charge in [0.2, 0.25) is 0 Å². The molecule has 0 saturated carbocycles. The Bertz CT molecular complexity index is 469. The number of thioether (sulfide) groups is 1. The summed E-state index contributed by atoms with van der Waals surface area (Å²) in [6, 6.07) is 0. The fourth-order valence-corrected chi connectivity index (χ4v) is 2.48. The number of amides is 1. The highest BCUT2D eigenvalue weighted by Gasteiger charge is 2.18. The Hall–Kier alpha value is -1.21. The molecule has 0 fully saturated rings. The molecule has 6 nitrogen and oxygen atoms in total. The Morgan fingerprint density at radius 2 is 2.18 bits per heavy atom. The van der Waals surface area contributed by atoms with Crippen molar-refractivity contribution in [2.45, 2.75) is 46.3 Å². The Morgan fingerprint density at radius 3 is 2.82 bits per heavy atom. The van der Waals surface area contributed by atoms with Crippen LogP contribution in [-0.2, 0) is 18.3 Å². The summed E-state index contributed by atoms with van der Waals surface area (Å²) in [4.78, 5) is 11.9. The molecule has 1 heterocycles. The summed E-state index contributed by atoms with van der Waals surface area (Å²) < 4.78 is 6.92. The Kier molecular flexibility index (Phi) is 7.75. The molecule has 0 aliphatic carbocycles. The first-order valence-electron chi connectivity index (χ1n) is 7.63. The van der Waals surface area contributed by atoms with Crippen LogP contribution in [0.2, 0.25) is 0 Å². The number of hydrogen-bond donors (Lipinski definition) is 2. The number of aryl methyl sites for hydroxylation is 1. The Morgan fingerprint density at radius 1 is 1.45 bits per heavy atom. The van der Waals surface area contributed by atoms with Gasteiger partial charge in [0.05, 0.1) is 6.20 Å². The maximum absolute atomic E-state index is 11.9. The first kappa shape index (κ1) is 18.8. The smallest absolute Gasteiger partial charge is 0.413 e. The van der Waals surface area contributed by atoms with Crippen LogP contribution in [0, 0.1) is 0 Å². The van der Waals surface area contributed by atoms with Crippen LogP contribution in [0.1, 0.15) is 39.7 Å². The van der Waals surface area contributed by atoms with Gasteiger partial charge >= 0.3 is 6.09 Å². The zero-order valence-electron chi connectivity index (χ0n) is 14.2. The second-order valence-electron chi connectivity index (χ2n) is 6.00. The quantitative estimate of drug-likeness (QED) is 0.718. The minimum atomic E-state index is -0.516. The van der Waals surface area contributed by atoms with Crippen LogP contribution in [0.15, 0.2) is 6.20 Å². The molecular formula is C15H28N4O2S. The van der Waals surface area contributed by atoms with Crippen molar-refractivity contribution in [3.8, 4) is 0 Å². The minimum absolute atomic E-state index is 0.461. The lowest BCUT2D eigenvalue weighted by Crippen LogP contribution is -2.28. The molecule has 1 amide bonds. The molecule has 7 heteroatoms. The van der Waals surface area contributed by atoms with Gasteiger partial charge in [-0.1, -0.05) is 6.92 Å². The molecule has 0 spiro atoms. The number of carbonyl (C=O) groups excluding carboxylic acids is 1. The number of rotatable bonds is 8. The van der Waals surface area contributed by atoms with Crippen molar-refractivity contribution in [3.05, 3.63) is 11.8 Å². The van der Waals surface area contributed by atoms with E-state index < -0.39 is 11.7 Å². The van der Waals surface area contributed by atoms with Gasteiger partial charge in [0.25, 0.3) is 0 Å². The lowest BCUT2D eigenvalue weighted by atomic mass is 10.2. The van der Waals surface area contributed by atoms with E-state index >= 15 is 0 Å².